The van der Waals surface area contributed by atoms with Crippen LogP contribution in [0.4, 0.5) is 6.01 Å². The summed E-state index contributed by atoms with van der Waals surface area (Å²) in [6.45, 7) is 3.96. The maximum absolute atomic E-state index is 12.4. The monoisotopic (exact) mass is 300 g/mol. The van der Waals surface area contributed by atoms with Crippen molar-refractivity contribution in [2.75, 3.05) is 37.6 Å². The summed E-state index contributed by atoms with van der Waals surface area (Å²) in [6, 6.07) is 8.47. The molecule has 0 saturated carbocycles. The van der Waals surface area contributed by atoms with E-state index in [0.717, 1.165) is 56.7 Å². The van der Waals surface area contributed by atoms with Gasteiger partial charge in [-0.15, -0.1) is 0 Å². The van der Waals surface area contributed by atoms with Crippen LogP contribution in [-0.4, -0.2) is 54.6 Å². The third-order valence-electron chi connectivity index (χ3n) is 4.50. The molecule has 22 heavy (non-hydrogen) atoms. The van der Waals surface area contributed by atoms with Gasteiger partial charge in [-0.25, -0.2) is 0 Å². The van der Waals surface area contributed by atoms with Gasteiger partial charge in [0.15, 0.2) is 5.58 Å². The number of carbonyl (C=O) groups is 1. The van der Waals surface area contributed by atoms with E-state index in [1.54, 1.807) is 0 Å². The van der Waals surface area contributed by atoms with E-state index in [1.807, 2.05) is 29.2 Å². The van der Waals surface area contributed by atoms with Crippen LogP contribution in [0.5, 0.6) is 0 Å². The number of aromatic nitrogens is 1. The topological polar surface area (TPSA) is 61.6 Å². The van der Waals surface area contributed by atoms with E-state index in [2.05, 4.69) is 15.2 Å². The maximum Gasteiger partial charge on any atom is 0.298 e. The minimum absolute atomic E-state index is 0.0240. The van der Waals surface area contributed by atoms with E-state index in [0.29, 0.717) is 6.01 Å². The first kappa shape index (κ1) is 13.6. The molecule has 0 unspecified atom stereocenters. The number of benzene rings is 1. The van der Waals surface area contributed by atoms with Gasteiger partial charge in [-0.1, -0.05) is 12.1 Å². The van der Waals surface area contributed by atoms with E-state index in [-0.39, 0.29) is 11.9 Å². The molecular formula is C16H20N4O2. The van der Waals surface area contributed by atoms with Crippen molar-refractivity contribution in [3.05, 3.63) is 24.3 Å². The number of hydrogen-bond donors (Lipinski definition) is 1. The summed E-state index contributed by atoms with van der Waals surface area (Å²) in [5.41, 5.74) is 1.69. The Balaban J connectivity index is 1.41. The zero-order valence-electron chi connectivity index (χ0n) is 12.5. The molecule has 1 N–H and O–H groups in total. The van der Waals surface area contributed by atoms with Crippen LogP contribution in [0, 0.1) is 0 Å². The van der Waals surface area contributed by atoms with Crippen LogP contribution in [-0.2, 0) is 4.79 Å². The highest BCUT2D eigenvalue weighted by Gasteiger charge is 2.30. The predicted octanol–water partition coefficient (Wildman–Crippen LogP) is 1.23. The Morgan fingerprint density at radius 1 is 1.23 bits per heavy atom. The van der Waals surface area contributed by atoms with Crippen molar-refractivity contribution in [3.63, 3.8) is 0 Å². The molecule has 2 fully saturated rings. The Kier molecular flexibility index (Phi) is 3.46. The summed E-state index contributed by atoms with van der Waals surface area (Å²) in [7, 11) is 0. The molecule has 2 aliphatic rings. The molecule has 2 saturated heterocycles. The SMILES string of the molecule is O=C([C@@H]1CCCN1)N1CCN(c2nc3ccccc3o2)CC1. The smallest absolute Gasteiger partial charge is 0.298 e. The van der Waals surface area contributed by atoms with Crippen molar-refractivity contribution in [1.29, 1.82) is 0 Å². The minimum Gasteiger partial charge on any atom is -0.423 e. The number of fused-ring (bicyclic) bond motifs is 1. The highest BCUT2D eigenvalue weighted by Crippen LogP contribution is 2.22. The number of carbonyl (C=O) groups excluding carboxylic acids is 1. The van der Waals surface area contributed by atoms with Gasteiger partial charge >= 0.3 is 0 Å². The molecular weight excluding hydrogens is 280 g/mol. The van der Waals surface area contributed by atoms with Gasteiger partial charge in [0.25, 0.3) is 6.01 Å². The molecule has 1 amide bonds. The number of nitrogens with one attached hydrogen (secondary N) is 1. The lowest BCUT2D eigenvalue weighted by Crippen LogP contribution is -2.53. The van der Waals surface area contributed by atoms with Crippen molar-refractivity contribution in [1.82, 2.24) is 15.2 Å². The molecule has 1 atom stereocenters. The molecule has 0 aliphatic carbocycles. The molecule has 6 nitrogen and oxygen atoms in total. The summed E-state index contributed by atoms with van der Waals surface area (Å²) in [6.07, 6.45) is 2.06. The highest BCUT2D eigenvalue weighted by molar-refractivity contribution is 5.82. The van der Waals surface area contributed by atoms with Crippen LogP contribution in [0.3, 0.4) is 0 Å². The number of amides is 1. The lowest BCUT2D eigenvalue weighted by Gasteiger charge is -2.35. The number of rotatable bonds is 2. The quantitative estimate of drug-likeness (QED) is 0.904. The van der Waals surface area contributed by atoms with Crippen molar-refractivity contribution >= 4 is 23.0 Å². The lowest BCUT2D eigenvalue weighted by molar-refractivity contribution is -0.133. The fraction of sp³-hybridized carbons (Fsp3) is 0.500. The molecule has 116 valence electrons. The number of nitrogens with zero attached hydrogens (tertiary/aromatic N) is 3. The Bertz CT molecular complexity index is 637. The zero-order chi connectivity index (χ0) is 14.9. The number of hydrogen-bond acceptors (Lipinski definition) is 5. The van der Waals surface area contributed by atoms with Crippen LogP contribution in [0.1, 0.15) is 12.8 Å². The number of anilines is 1. The summed E-state index contributed by atoms with van der Waals surface area (Å²) < 4.78 is 5.80. The van der Waals surface area contributed by atoms with Crippen LogP contribution >= 0.6 is 0 Å². The molecule has 6 heteroatoms. The van der Waals surface area contributed by atoms with Gasteiger partial charge in [0.05, 0.1) is 6.04 Å². The second kappa shape index (κ2) is 5.61. The van der Waals surface area contributed by atoms with Crippen molar-refractivity contribution < 1.29 is 9.21 Å². The standard InChI is InChI=1S/C16H20N4O2/c21-15(13-5-3-7-17-13)19-8-10-20(11-9-19)16-18-12-4-1-2-6-14(12)22-16/h1-2,4,6,13,17H,3,5,7-11H2/t13-/m0/s1. The number of para-hydroxylation sites is 2. The first-order chi connectivity index (χ1) is 10.8. The molecule has 3 heterocycles. The van der Waals surface area contributed by atoms with Crippen LogP contribution in [0.2, 0.25) is 0 Å². The summed E-state index contributed by atoms with van der Waals surface area (Å²) >= 11 is 0. The number of oxazole rings is 1. The molecule has 4 rings (SSSR count). The molecule has 0 radical (unpaired) electrons. The zero-order valence-corrected chi connectivity index (χ0v) is 12.5. The van der Waals surface area contributed by atoms with Gasteiger partial charge in [0.1, 0.15) is 5.52 Å². The van der Waals surface area contributed by atoms with E-state index in [9.17, 15) is 4.79 Å². The Hall–Kier alpha value is -2.08. The first-order valence-corrected chi connectivity index (χ1v) is 7.94. The van der Waals surface area contributed by atoms with E-state index in [4.69, 9.17) is 4.42 Å². The van der Waals surface area contributed by atoms with Crippen molar-refractivity contribution in [2.45, 2.75) is 18.9 Å². The molecule has 1 aromatic carbocycles. The van der Waals surface area contributed by atoms with E-state index >= 15 is 0 Å². The van der Waals surface area contributed by atoms with Gasteiger partial charge in [-0.3, -0.25) is 4.79 Å². The predicted molar refractivity (Wildman–Crippen MR) is 83.8 cm³/mol. The van der Waals surface area contributed by atoms with Gasteiger partial charge < -0.3 is 19.5 Å². The maximum atomic E-state index is 12.4. The second-order valence-electron chi connectivity index (χ2n) is 5.93. The molecule has 0 bridgehead atoms. The second-order valence-corrected chi connectivity index (χ2v) is 5.93. The normalized spacial score (nSPS) is 22.5. The van der Waals surface area contributed by atoms with Crippen LogP contribution in [0.25, 0.3) is 11.1 Å². The fourth-order valence-corrected chi connectivity index (χ4v) is 3.23. The molecule has 0 spiro atoms. The first-order valence-electron chi connectivity index (χ1n) is 7.94. The van der Waals surface area contributed by atoms with Crippen molar-refractivity contribution in [2.24, 2.45) is 0 Å². The summed E-state index contributed by atoms with van der Waals surface area (Å²) in [5, 5.41) is 3.28. The molecule has 1 aromatic heterocycles. The summed E-state index contributed by atoms with van der Waals surface area (Å²) in [5.74, 6) is 0.245. The summed E-state index contributed by atoms with van der Waals surface area (Å²) in [4.78, 5) is 21.0. The largest absolute Gasteiger partial charge is 0.423 e. The van der Waals surface area contributed by atoms with E-state index < -0.39 is 0 Å². The fourth-order valence-electron chi connectivity index (χ4n) is 3.23. The third-order valence-corrected chi connectivity index (χ3v) is 4.50. The minimum atomic E-state index is 0.0240. The van der Waals surface area contributed by atoms with Gasteiger partial charge in [-0.05, 0) is 31.5 Å². The average molecular weight is 300 g/mol. The van der Waals surface area contributed by atoms with Gasteiger partial charge in [-0.2, -0.15) is 4.98 Å². The molecule has 2 aliphatic heterocycles. The van der Waals surface area contributed by atoms with Crippen LogP contribution in [0.15, 0.2) is 28.7 Å². The van der Waals surface area contributed by atoms with Gasteiger partial charge in [0.2, 0.25) is 5.91 Å². The average Bonchev–Trinajstić information content (AvgIpc) is 3.23. The Morgan fingerprint density at radius 2 is 2.05 bits per heavy atom. The Morgan fingerprint density at radius 3 is 2.77 bits per heavy atom. The number of piperazine rings is 1. The van der Waals surface area contributed by atoms with Crippen LogP contribution < -0.4 is 10.2 Å². The lowest BCUT2D eigenvalue weighted by atomic mass is 10.2. The van der Waals surface area contributed by atoms with Crippen molar-refractivity contribution in [3.8, 4) is 0 Å². The molecule has 2 aromatic rings. The Labute approximate surface area is 129 Å². The highest BCUT2D eigenvalue weighted by atomic mass is 16.4. The third kappa shape index (κ3) is 2.43. The van der Waals surface area contributed by atoms with E-state index in [1.165, 1.54) is 0 Å². The van der Waals surface area contributed by atoms with Gasteiger partial charge in [0, 0.05) is 26.2 Å².